The van der Waals surface area contributed by atoms with E-state index in [2.05, 4.69) is 33.8 Å². The smallest absolute Gasteiger partial charge is 0.182 e. The number of fused-ring (bicyclic) bond motifs is 1. The first-order valence-corrected chi connectivity index (χ1v) is 4.75. The van der Waals surface area contributed by atoms with Gasteiger partial charge in [0.2, 0.25) is 0 Å². The molecule has 0 atom stereocenters. The topological polar surface area (TPSA) is 46.8 Å². The Kier molecular flexibility index (Phi) is 2.30. The molecule has 0 fully saturated rings. The van der Waals surface area contributed by atoms with Gasteiger partial charge in [0.15, 0.2) is 5.65 Å². The minimum atomic E-state index is 0.833. The van der Waals surface area contributed by atoms with E-state index in [1.807, 2.05) is 4.68 Å². The van der Waals surface area contributed by atoms with Gasteiger partial charge in [-0.05, 0) is 13.8 Å². The number of aromatic nitrogens is 4. The molecule has 0 aliphatic heterocycles. The zero-order valence-electron chi connectivity index (χ0n) is 8.38. The lowest BCUT2D eigenvalue weighted by atomic mass is 10.5. The molecular formula is C9H13N5. The number of hydrogen-bond donors (Lipinski definition) is 0. The monoisotopic (exact) mass is 191 g/mol. The summed E-state index contributed by atoms with van der Waals surface area (Å²) in [7, 11) is 0. The van der Waals surface area contributed by atoms with E-state index in [0.717, 1.165) is 24.3 Å². The molecule has 5 nitrogen and oxygen atoms in total. The number of rotatable bonds is 3. The fourth-order valence-corrected chi connectivity index (χ4v) is 1.49. The molecule has 0 aliphatic carbocycles. The zero-order valence-corrected chi connectivity index (χ0v) is 8.38. The van der Waals surface area contributed by atoms with Crippen molar-refractivity contribution in [1.29, 1.82) is 0 Å². The summed E-state index contributed by atoms with van der Waals surface area (Å²) in [4.78, 5) is 12.4. The van der Waals surface area contributed by atoms with Crippen molar-refractivity contribution in [2.24, 2.45) is 0 Å². The molecule has 14 heavy (non-hydrogen) atoms. The number of nitrogens with zero attached hydrogens (tertiary/aromatic N) is 5. The van der Waals surface area contributed by atoms with Crippen LogP contribution < -0.4 is 5.01 Å². The predicted octanol–water partition coefficient (Wildman–Crippen LogP) is 0.804. The van der Waals surface area contributed by atoms with Gasteiger partial charge in [0.25, 0.3) is 0 Å². The first-order chi connectivity index (χ1) is 6.86. The highest BCUT2D eigenvalue weighted by Crippen LogP contribution is 2.07. The van der Waals surface area contributed by atoms with E-state index in [1.165, 1.54) is 0 Å². The third kappa shape index (κ3) is 1.30. The Morgan fingerprint density at radius 1 is 1.29 bits per heavy atom. The lowest BCUT2D eigenvalue weighted by Crippen LogP contribution is -2.33. The minimum Gasteiger partial charge on any atom is -0.310 e. The molecule has 0 bridgehead atoms. The van der Waals surface area contributed by atoms with Gasteiger partial charge in [-0.1, -0.05) is 0 Å². The first-order valence-electron chi connectivity index (χ1n) is 4.75. The molecule has 0 amide bonds. The fraction of sp³-hybridized carbons (Fsp3) is 0.444. The van der Waals surface area contributed by atoms with Crippen LogP contribution >= 0.6 is 0 Å². The highest BCUT2D eigenvalue weighted by atomic mass is 15.6. The van der Waals surface area contributed by atoms with Crippen LogP contribution in [0.15, 0.2) is 18.9 Å². The maximum Gasteiger partial charge on any atom is 0.182 e. The second-order valence-corrected chi connectivity index (χ2v) is 2.96. The molecular weight excluding hydrogens is 178 g/mol. The largest absolute Gasteiger partial charge is 0.310 e. The van der Waals surface area contributed by atoms with Crippen LogP contribution in [0.5, 0.6) is 0 Å². The summed E-state index contributed by atoms with van der Waals surface area (Å²) in [6.07, 6.45) is 5.05. The molecule has 2 heterocycles. The average molecular weight is 191 g/mol. The molecule has 0 aromatic carbocycles. The summed E-state index contributed by atoms with van der Waals surface area (Å²) in [6.45, 7) is 6.09. The van der Waals surface area contributed by atoms with Crippen molar-refractivity contribution in [1.82, 2.24) is 19.6 Å². The van der Waals surface area contributed by atoms with Gasteiger partial charge in [0.1, 0.15) is 18.2 Å². The van der Waals surface area contributed by atoms with Crippen LogP contribution in [0, 0.1) is 0 Å². The molecule has 2 rings (SSSR count). The van der Waals surface area contributed by atoms with Crippen LogP contribution in [0.4, 0.5) is 0 Å². The highest BCUT2D eigenvalue weighted by Gasteiger charge is 2.07. The summed E-state index contributed by atoms with van der Waals surface area (Å²) in [5, 5.41) is 2.16. The summed E-state index contributed by atoms with van der Waals surface area (Å²) in [5.41, 5.74) is 1.70. The van der Waals surface area contributed by atoms with Crippen molar-refractivity contribution < 1.29 is 0 Å². The van der Waals surface area contributed by atoms with E-state index < -0.39 is 0 Å². The molecule has 2 aromatic heterocycles. The number of hydrogen-bond acceptors (Lipinski definition) is 4. The third-order valence-corrected chi connectivity index (χ3v) is 2.23. The molecule has 0 spiro atoms. The van der Waals surface area contributed by atoms with Gasteiger partial charge >= 0.3 is 0 Å². The Hall–Kier alpha value is -1.65. The zero-order chi connectivity index (χ0) is 9.97. The molecule has 0 unspecified atom stereocenters. The lowest BCUT2D eigenvalue weighted by Gasteiger charge is -2.21. The van der Waals surface area contributed by atoms with Crippen molar-refractivity contribution >= 4 is 11.2 Å². The molecule has 0 aliphatic rings. The Balaban J connectivity index is 2.51. The van der Waals surface area contributed by atoms with E-state index in [9.17, 15) is 0 Å². The van der Waals surface area contributed by atoms with Crippen LogP contribution in [0.3, 0.4) is 0 Å². The normalized spacial score (nSPS) is 10.7. The standard InChI is InChI=1S/C9H13N5/c1-3-13(4-2)14-7-12-8-5-10-6-11-9(8)14/h5-7H,3-4H2,1-2H3. The van der Waals surface area contributed by atoms with Crippen molar-refractivity contribution in [3.8, 4) is 0 Å². The summed E-state index contributed by atoms with van der Waals surface area (Å²) >= 11 is 0. The second kappa shape index (κ2) is 3.61. The van der Waals surface area contributed by atoms with E-state index in [0.29, 0.717) is 0 Å². The quantitative estimate of drug-likeness (QED) is 0.720. The van der Waals surface area contributed by atoms with Crippen LogP contribution in [0.1, 0.15) is 13.8 Å². The van der Waals surface area contributed by atoms with Gasteiger partial charge in [0.05, 0.1) is 6.20 Å². The van der Waals surface area contributed by atoms with E-state index >= 15 is 0 Å². The SMILES string of the molecule is CCN(CC)n1cnc2cncnc21. The van der Waals surface area contributed by atoms with Crippen molar-refractivity contribution in [3.63, 3.8) is 0 Å². The fourth-order valence-electron chi connectivity index (χ4n) is 1.49. The van der Waals surface area contributed by atoms with E-state index in [4.69, 9.17) is 0 Å². The van der Waals surface area contributed by atoms with Gasteiger partial charge in [-0.25, -0.2) is 19.6 Å². The molecule has 5 heteroatoms. The van der Waals surface area contributed by atoms with Gasteiger partial charge in [-0.3, -0.25) is 0 Å². The maximum atomic E-state index is 4.23. The van der Waals surface area contributed by atoms with Crippen LogP contribution in [0.2, 0.25) is 0 Å². The predicted molar refractivity (Wildman–Crippen MR) is 54.6 cm³/mol. The average Bonchev–Trinajstić information content (AvgIpc) is 2.65. The Morgan fingerprint density at radius 2 is 2.07 bits per heavy atom. The first kappa shape index (κ1) is 8.93. The van der Waals surface area contributed by atoms with E-state index in [-0.39, 0.29) is 0 Å². The summed E-state index contributed by atoms with van der Waals surface area (Å²) < 4.78 is 1.97. The number of imidazole rings is 1. The van der Waals surface area contributed by atoms with Gasteiger partial charge < -0.3 is 5.01 Å². The third-order valence-electron chi connectivity index (χ3n) is 2.23. The summed E-state index contributed by atoms with van der Waals surface area (Å²) in [6, 6.07) is 0. The maximum absolute atomic E-state index is 4.23. The van der Waals surface area contributed by atoms with E-state index in [1.54, 1.807) is 18.9 Å². The molecule has 0 saturated carbocycles. The molecule has 0 N–H and O–H groups in total. The van der Waals surface area contributed by atoms with Crippen molar-refractivity contribution in [2.75, 3.05) is 18.1 Å². The second-order valence-electron chi connectivity index (χ2n) is 2.96. The van der Waals surface area contributed by atoms with Gasteiger partial charge in [-0.2, -0.15) is 0 Å². The van der Waals surface area contributed by atoms with Crippen LogP contribution in [0.25, 0.3) is 11.2 Å². The Labute approximate surface area is 82.4 Å². The summed E-state index contributed by atoms with van der Waals surface area (Å²) in [5.74, 6) is 0. The van der Waals surface area contributed by atoms with Crippen molar-refractivity contribution in [2.45, 2.75) is 13.8 Å². The highest BCUT2D eigenvalue weighted by molar-refractivity contribution is 5.69. The minimum absolute atomic E-state index is 0.833. The van der Waals surface area contributed by atoms with Gasteiger partial charge in [-0.15, -0.1) is 0 Å². The van der Waals surface area contributed by atoms with Crippen LogP contribution in [-0.4, -0.2) is 32.7 Å². The molecule has 0 saturated heterocycles. The van der Waals surface area contributed by atoms with Crippen molar-refractivity contribution in [3.05, 3.63) is 18.9 Å². The van der Waals surface area contributed by atoms with Crippen LogP contribution in [-0.2, 0) is 0 Å². The molecule has 0 radical (unpaired) electrons. The molecule has 2 aromatic rings. The van der Waals surface area contributed by atoms with Gasteiger partial charge in [0, 0.05) is 13.1 Å². The molecule has 74 valence electrons. The Morgan fingerprint density at radius 3 is 2.79 bits per heavy atom. The Bertz CT molecular complexity index is 418. The lowest BCUT2D eigenvalue weighted by molar-refractivity contribution is 0.630.